The van der Waals surface area contributed by atoms with Crippen molar-refractivity contribution in [1.29, 1.82) is 0 Å². The third kappa shape index (κ3) is 4.73. The van der Waals surface area contributed by atoms with Crippen LogP contribution in [-0.4, -0.2) is 35.1 Å². The molecule has 0 aliphatic carbocycles. The first-order valence-electron chi connectivity index (χ1n) is 8.56. The number of hydrogen-bond donors (Lipinski definition) is 1. The van der Waals surface area contributed by atoms with Gasteiger partial charge in [0.25, 0.3) is 11.5 Å². The molecule has 0 saturated heterocycles. The largest absolute Gasteiger partial charge is 0.497 e. The lowest BCUT2D eigenvalue weighted by molar-refractivity contribution is -0.149. The van der Waals surface area contributed by atoms with E-state index in [1.807, 2.05) is 12.1 Å². The van der Waals surface area contributed by atoms with Crippen LogP contribution < -0.4 is 15.6 Å². The summed E-state index contributed by atoms with van der Waals surface area (Å²) in [5, 5.41) is 3.07. The standard InChI is InChI=1S/C20H19N3O5/c1-27-15-8-6-14(7-9-15)10-21-18(24)12-28-19(25)11-23-13-22-17-5-3-2-4-16(17)20(23)26/h2-9,13H,10-12H2,1H3,(H,21,24). The fourth-order valence-electron chi connectivity index (χ4n) is 2.54. The molecule has 1 heterocycles. The van der Waals surface area contributed by atoms with E-state index in [2.05, 4.69) is 10.3 Å². The maximum atomic E-state index is 12.3. The van der Waals surface area contributed by atoms with Gasteiger partial charge in [-0.25, -0.2) is 4.98 Å². The molecule has 0 fully saturated rings. The average Bonchev–Trinajstić information content (AvgIpc) is 2.73. The minimum Gasteiger partial charge on any atom is -0.497 e. The third-order valence-corrected chi connectivity index (χ3v) is 4.04. The molecule has 1 aromatic heterocycles. The minimum atomic E-state index is -0.696. The van der Waals surface area contributed by atoms with Gasteiger partial charge in [-0.15, -0.1) is 0 Å². The number of carbonyl (C=O) groups is 2. The maximum absolute atomic E-state index is 12.3. The quantitative estimate of drug-likeness (QED) is 0.619. The number of amides is 1. The number of methoxy groups -OCH3 is 1. The molecular formula is C20H19N3O5. The Morgan fingerprint density at radius 2 is 1.86 bits per heavy atom. The molecule has 2 aromatic carbocycles. The monoisotopic (exact) mass is 381 g/mol. The molecule has 144 valence electrons. The van der Waals surface area contributed by atoms with Gasteiger partial charge in [-0.1, -0.05) is 24.3 Å². The Morgan fingerprint density at radius 3 is 2.61 bits per heavy atom. The van der Waals surface area contributed by atoms with E-state index in [1.54, 1.807) is 43.5 Å². The van der Waals surface area contributed by atoms with Gasteiger partial charge >= 0.3 is 5.97 Å². The Kier molecular flexibility index (Phi) is 6.01. The van der Waals surface area contributed by atoms with Crippen LogP contribution in [0.15, 0.2) is 59.7 Å². The number of rotatable bonds is 7. The Morgan fingerprint density at radius 1 is 1.11 bits per heavy atom. The number of esters is 1. The summed E-state index contributed by atoms with van der Waals surface area (Å²) >= 11 is 0. The molecule has 0 radical (unpaired) electrons. The van der Waals surface area contributed by atoms with Crippen molar-refractivity contribution in [3.05, 3.63) is 70.8 Å². The van der Waals surface area contributed by atoms with E-state index >= 15 is 0 Å². The van der Waals surface area contributed by atoms with Crippen molar-refractivity contribution < 1.29 is 19.1 Å². The zero-order valence-corrected chi connectivity index (χ0v) is 15.3. The highest BCUT2D eigenvalue weighted by Gasteiger charge is 2.11. The van der Waals surface area contributed by atoms with Gasteiger partial charge in [0.2, 0.25) is 0 Å². The van der Waals surface area contributed by atoms with Crippen molar-refractivity contribution in [1.82, 2.24) is 14.9 Å². The lowest BCUT2D eigenvalue weighted by Gasteiger charge is -2.09. The highest BCUT2D eigenvalue weighted by atomic mass is 16.5. The summed E-state index contributed by atoms with van der Waals surface area (Å²) in [4.78, 5) is 40.3. The number of carbonyl (C=O) groups excluding carboxylic acids is 2. The van der Waals surface area contributed by atoms with Crippen LogP contribution in [0.4, 0.5) is 0 Å². The average molecular weight is 381 g/mol. The van der Waals surface area contributed by atoms with E-state index in [0.717, 1.165) is 15.9 Å². The van der Waals surface area contributed by atoms with E-state index in [1.165, 1.54) is 6.33 Å². The van der Waals surface area contributed by atoms with Gasteiger partial charge in [-0.05, 0) is 29.8 Å². The molecule has 0 bridgehead atoms. The van der Waals surface area contributed by atoms with Crippen molar-refractivity contribution in [3.63, 3.8) is 0 Å². The lowest BCUT2D eigenvalue weighted by Crippen LogP contribution is -2.31. The Labute approximate surface area is 160 Å². The van der Waals surface area contributed by atoms with Crippen molar-refractivity contribution in [2.24, 2.45) is 0 Å². The smallest absolute Gasteiger partial charge is 0.326 e. The number of aromatic nitrogens is 2. The van der Waals surface area contributed by atoms with Crippen molar-refractivity contribution in [2.45, 2.75) is 13.1 Å². The predicted octanol–water partition coefficient (Wildman–Crippen LogP) is 1.26. The van der Waals surface area contributed by atoms with Crippen LogP contribution in [0.1, 0.15) is 5.56 Å². The van der Waals surface area contributed by atoms with E-state index in [0.29, 0.717) is 17.4 Å². The topological polar surface area (TPSA) is 99.5 Å². The maximum Gasteiger partial charge on any atom is 0.326 e. The molecule has 1 amide bonds. The number of hydrogen-bond acceptors (Lipinski definition) is 6. The third-order valence-electron chi connectivity index (χ3n) is 4.04. The minimum absolute atomic E-state index is 0.300. The summed E-state index contributed by atoms with van der Waals surface area (Å²) in [6.45, 7) is -0.443. The molecule has 8 heteroatoms. The molecule has 0 atom stereocenters. The van der Waals surface area contributed by atoms with Crippen molar-refractivity contribution >= 4 is 22.8 Å². The van der Waals surface area contributed by atoms with E-state index in [4.69, 9.17) is 9.47 Å². The first kappa shape index (κ1) is 19.1. The summed E-state index contributed by atoms with van der Waals surface area (Å²) in [7, 11) is 1.58. The van der Waals surface area contributed by atoms with Gasteiger partial charge < -0.3 is 14.8 Å². The summed E-state index contributed by atoms with van der Waals surface area (Å²) in [6, 6.07) is 14.1. The Bertz CT molecular complexity index is 1040. The highest BCUT2D eigenvalue weighted by Crippen LogP contribution is 2.10. The molecule has 28 heavy (non-hydrogen) atoms. The number of nitrogens with zero attached hydrogens (tertiary/aromatic N) is 2. The molecular weight excluding hydrogens is 362 g/mol. The molecule has 0 saturated carbocycles. The van der Waals surface area contributed by atoms with Crippen LogP contribution in [0.5, 0.6) is 5.75 Å². The Hall–Kier alpha value is -3.68. The van der Waals surface area contributed by atoms with Crippen molar-refractivity contribution in [2.75, 3.05) is 13.7 Å². The second-order valence-corrected chi connectivity index (χ2v) is 5.98. The predicted molar refractivity (Wildman–Crippen MR) is 102 cm³/mol. The number of benzene rings is 2. The molecule has 0 aliphatic heterocycles. The summed E-state index contributed by atoms with van der Waals surface area (Å²) in [6.07, 6.45) is 1.29. The molecule has 1 N–H and O–H groups in total. The van der Waals surface area contributed by atoms with Gasteiger partial charge in [0.05, 0.1) is 24.3 Å². The number of nitrogens with one attached hydrogen (secondary N) is 1. The van der Waals surface area contributed by atoms with Crippen molar-refractivity contribution in [3.8, 4) is 5.75 Å². The fraction of sp³-hybridized carbons (Fsp3) is 0.200. The van der Waals surface area contributed by atoms with Crippen LogP contribution >= 0.6 is 0 Å². The Balaban J connectivity index is 1.49. The molecule has 0 spiro atoms. The van der Waals surface area contributed by atoms with Crippen LogP contribution in [0.2, 0.25) is 0 Å². The van der Waals surface area contributed by atoms with Crippen LogP contribution in [0.25, 0.3) is 10.9 Å². The SMILES string of the molecule is COc1ccc(CNC(=O)COC(=O)Cn2cnc3ccccc3c2=O)cc1. The molecule has 3 rings (SSSR count). The zero-order chi connectivity index (χ0) is 19.9. The first-order chi connectivity index (χ1) is 13.6. The number of fused-ring (bicyclic) bond motifs is 1. The summed E-state index contributed by atoms with van der Waals surface area (Å²) in [5.74, 6) is -0.408. The van der Waals surface area contributed by atoms with Gasteiger partial charge in [-0.3, -0.25) is 19.0 Å². The van der Waals surface area contributed by atoms with E-state index in [9.17, 15) is 14.4 Å². The van der Waals surface area contributed by atoms with E-state index in [-0.39, 0.29) is 12.1 Å². The molecule has 0 unspecified atom stereocenters. The molecule has 8 nitrogen and oxygen atoms in total. The number of ether oxygens (including phenoxy) is 2. The van der Waals surface area contributed by atoms with Gasteiger partial charge in [0.1, 0.15) is 12.3 Å². The summed E-state index contributed by atoms with van der Waals surface area (Å²) < 4.78 is 11.2. The second-order valence-electron chi connectivity index (χ2n) is 5.98. The van der Waals surface area contributed by atoms with Crippen LogP contribution in [-0.2, 0) is 27.4 Å². The molecule has 3 aromatic rings. The summed E-state index contributed by atoms with van der Waals surface area (Å²) in [5.41, 5.74) is 1.09. The normalized spacial score (nSPS) is 10.5. The number of para-hydroxylation sites is 1. The van der Waals surface area contributed by atoms with Gasteiger partial charge in [-0.2, -0.15) is 0 Å². The van der Waals surface area contributed by atoms with Gasteiger partial charge in [0, 0.05) is 6.54 Å². The van der Waals surface area contributed by atoms with Crippen LogP contribution in [0, 0.1) is 0 Å². The highest BCUT2D eigenvalue weighted by molar-refractivity contribution is 5.81. The van der Waals surface area contributed by atoms with Crippen LogP contribution in [0.3, 0.4) is 0 Å². The molecule has 0 aliphatic rings. The van der Waals surface area contributed by atoms with E-state index < -0.39 is 18.5 Å². The van der Waals surface area contributed by atoms with Gasteiger partial charge in [0.15, 0.2) is 6.61 Å². The zero-order valence-electron chi connectivity index (χ0n) is 15.3. The first-order valence-corrected chi connectivity index (χ1v) is 8.56. The second kappa shape index (κ2) is 8.81. The lowest BCUT2D eigenvalue weighted by atomic mass is 10.2. The fourth-order valence-corrected chi connectivity index (χ4v) is 2.54.